The number of carbonyl (C=O) groups is 1. The Kier molecular flexibility index (Phi) is 4.64. The molecule has 1 aliphatic heterocycles. The van der Waals surface area contributed by atoms with Gasteiger partial charge in [-0.05, 0) is 43.0 Å². The fourth-order valence-corrected chi connectivity index (χ4v) is 3.79. The molecule has 1 saturated heterocycles. The highest BCUT2D eigenvalue weighted by Crippen LogP contribution is 2.28. The largest absolute Gasteiger partial charge is 0.338 e. The standard InChI is InChI=1S/C22H21ClN2O/c1-15-5-4-12-25(14-15)22(26)19-13-21(16-8-10-17(23)11-9-16)24-20-7-3-2-6-18(19)20/h2-3,6-11,13,15H,4-5,12,14H2,1H3/t15-/m1/s1. The van der Waals surface area contributed by atoms with Gasteiger partial charge in [0, 0.05) is 29.1 Å². The van der Waals surface area contributed by atoms with Gasteiger partial charge in [0.2, 0.25) is 0 Å². The maximum Gasteiger partial charge on any atom is 0.254 e. The Bertz CT molecular complexity index is 952. The first kappa shape index (κ1) is 17.0. The molecule has 4 rings (SSSR count). The zero-order valence-electron chi connectivity index (χ0n) is 14.8. The normalized spacial score (nSPS) is 17.5. The third kappa shape index (κ3) is 3.32. The molecule has 3 nitrogen and oxygen atoms in total. The molecule has 2 aromatic carbocycles. The summed E-state index contributed by atoms with van der Waals surface area (Å²) in [4.78, 5) is 20.0. The Morgan fingerprint density at radius 2 is 1.92 bits per heavy atom. The zero-order valence-corrected chi connectivity index (χ0v) is 15.5. The predicted octanol–water partition coefficient (Wildman–Crippen LogP) is 5.43. The molecule has 3 aromatic rings. The van der Waals surface area contributed by atoms with Crippen LogP contribution in [0, 0.1) is 5.92 Å². The zero-order chi connectivity index (χ0) is 18.1. The number of rotatable bonds is 2. The van der Waals surface area contributed by atoms with Crippen molar-refractivity contribution in [2.75, 3.05) is 13.1 Å². The van der Waals surface area contributed by atoms with E-state index in [1.165, 1.54) is 6.42 Å². The molecule has 1 atom stereocenters. The summed E-state index contributed by atoms with van der Waals surface area (Å²) in [6.45, 7) is 3.87. The second kappa shape index (κ2) is 7.08. The number of aromatic nitrogens is 1. The summed E-state index contributed by atoms with van der Waals surface area (Å²) >= 11 is 6.01. The van der Waals surface area contributed by atoms with E-state index in [0.29, 0.717) is 10.9 Å². The fraction of sp³-hybridized carbons (Fsp3) is 0.273. The monoisotopic (exact) mass is 364 g/mol. The smallest absolute Gasteiger partial charge is 0.254 e. The van der Waals surface area contributed by atoms with E-state index in [4.69, 9.17) is 16.6 Å². The molecule has 0 N–H and O–H groups in total. The average Bonchev–Trinajstić information content (AvgIpc) is 2.67. The molecule has 0 radical (unpaired) electrons. The molecule has 1 amide bonds. The highest BCUT2D eigenvalue weighted by atomic mass is 35.5. The minimum atomic E-state index is 0.102. The van der Waals surface area contributed by atoms with Crippen molar-refractivity contribution in [1.82, 2.24) is 9.88 Å². The molecule has 132 valence electrons. The van der Waals surface area contributed by atoms with Gasteiger partial charge in [-0.3, -0.25) is 4.79 Å². The first-order valence-electron chi connectivity index (χ1n) is 9.07. The highest BCUT2D eigenvalue weighted by molar-refractivity contribution is 6.30. The van der Waals surface area contributed by atoms with Gasteiger partial charge >= 0.3 is 0 Å². The number of carbonyl (C=O) groups excluding carboxylic acids is 1. The second-order valence-electron chi connectivity index (χ2n) is 7.08. The molecule has 0 saturated carbocycles. The van der Waals surface area contributed by atoms with Crippen molar-refractivity contribution < 1.29 is 4.79 Å². The molecular weight excluding hydrogens is 344 g/mol. The molecule has 2 heterocycles. The minimum absolute atomic E-state index is 0.102. The summed E-state index contributed by atoms with van der Waals surface area (Å²) in [5.41, 5.74) is 3.33. The number of likely N-dealkylation sites (tertiary alicyclic amines) is 1. The topological polar surface area (TPSA) is 33.2 Å². The van der Waals surface area contributed by atoms with E-state index in [9.17, 15) is 4.79 Å². The average molecular weight is 365 g/mol. The minimum Gasteiger partial charge on any atom is -0.338 e. The van der Waals surface area contributed by atoms with E-state index in [-0.39, 0.29) is 5.91 Å². The van der Waals surface area contributed by atoms with Crippen LogP contribution in [0.25, 0.3) is 22.2 Å². The molecule has 26 heavy (non-hydrogen) atoms. The molecule has 0 spiro atoms. The summed E-state index contributed by atoms with van der Waals surface area (Å²) in [5.74, 6) is 0.655. The molecule has 0 bridgehead atoms. The third-order valence-electron chi connectivity index (χ3n) is 5.03. The Hall–Kier alpha value is -2.39. The number of amides is 1. The molecular formula is C22H21ClN2O. The Morgan fingerprint density at radius 1 is 1.15 bits per heavy atom. The van der Waals surface area contributed by atoms with Gasteiger partial charge < -0.3 is 4.90 Å². The van der Waals surface area contributed by atoms with Gasteiger partial charge in [-0.1, -0.05) is 48.9 Å². The summed E-state index contributed by atoms with van der Waals surface area (Å²) < 4.78 is 0. The maximum absolute atomic E-state index is 13.3. The molecule has 1 aliphatic rings. The number of hydrogen-bond donors (Lipinski definition) is 0. The van der Waals surface area contributed by atoms with Gasteiger partial charge in [0.05, 0.1) is 16.8 Å². The molecule has 4 heteroatoms. The van der Waals surface area contributed by atoms with Gasteiger partial charge in [-0.25, -0.2) is 4.98 Å². The Balaban J connectivity index is 1.82. The van der Waals surface area contributed by atoms with E-state index in [1.54, 1.807) is 0 Å². The van der Waals surface area contributed by atoms with Gasteiger partial charge in [0.15, 0.2) is 0 Å². The SMILES string of the molecule is C[C@@H]1CCCN(C(=O)c2cc(-c3ccc(Cl)cc3)nc3ccccc23)C1. The van der Waals surface area contributed by atoms with Gasteiger partial charge in [-0.2, -0.15) is 0 Å². The fourth-order valence-electron chi connectivity index (χ4n) is 3.67. The van der Waals surface area contributed by atoms with Crippen LogP contribution >= 0.6 is 11.6 Å². The van der Waals surface area contributed by atoms with Crippen LogP contribution in [0.5, 0.6) is 0 Å². The lowest BCUT2D eigenvalue weighted by Gasteiger charge is -2.31. The lowest BCUT2D eigenvalue weighted by Crippen LogP contribution is -2.39. The number of fused-ring (bicyclic) bond motifs is 1. The molecule has 1 aromatic heterocycles. The van der Waals surface area contributed by atoms with Gasteiger partial charge in [0.1, 0.15) is 0 Å². The van der Waals surface area contributed by atoms with Crippen molar-refractivity contribution in [2.24, 2.45) is 5.92 Å². The van der Waals surface area contributed by atoms with E-state index in [2.05, 4.69) is 6.92 Å². The first-order chi connectivity index (χ1) is 12.6. The summed E-state index contributed by atoms with van der Waals surface area (Å²) in [6.07, 6.45) is 2.26. The molecule has 0 aliphatic carbocycles. The van der Waals surface area contributed by atoms with Crippen LogP contribution in [0.2, 0.25) is 5.02 Å². The van der Waals surface area contributed by atoms with Crippen LogP contribution in [0.3, 0.4) is 0 Å². The van der Waals surface area contributed by atoms with Crippen molar-refractivity contribution in [3.05, 3.63) is 65.2 Å². The Morgan fingerprint density at radius 3 is 2.69 bits per heavy atom. The Labute approximate surface area is 158 Å². The summed E-state index contributed by atoms with van der Waals surface area (Å²) in [5, 5.41) is 1.60. The van der Waals surface area contributed by atoms with Crippen LogP contribution < -0.4 is 0 Å². The lowest BCUT2D eigenvalue weighted by molar-refractivity contribution is 0.0685. The second-order valence-corrected chi connectivity index (χ2v) is 7.51. The number of para-hydroxylation sites is 1. The van der Waals surface area contributed by atoms with Crippen LogP contribution in [0.4, 0.5) is 0 Å². The van der Waals surface area contributed by atoms with Crippen LogP contribution in [0.1, 0.15) is 30.1 Å². The number of piperidine rings is 1. The van der Waals surface area contributed by atoms with E-state index < -0.39 is 0 Å². The van der Waals surface area contributed by atoms with Crippen molar-refractivity contribution in [2.45, 2.75) is 19.8 Å². The number of benzene rings is 2. The quantitative estimate of drug-likeness (QED) is 0.607. The number of hydrogen-bond acceptors (Lipinski definition) is 2. The number of nitrogens with zero attached hydrogens (tertiary/aromatic N) is 2. The number of halogens is 1. The van der Waals surface area contributed by atoms with Gasteiger partial charge in [0.25, 0.3) is 5.91 Å². The van der Waals surface area contributed by atoms with E-state index in [0.717, 1.165) is 47.2 Å². The van der Waals surface area contributed by atoms with Crippen LogP contribution in [-0.4, -0.2) is 28.9 Å². The van der Waals surface area contributed by atoms with E-state index >= 15 is 0 Å². The van der Waals surface area contributed by atoms with Gasteiger partial charge in [-0.15, -0.1) is 0 Å². The predicted molar refractivity (Wildman–Crippen MR) is 106 cm³/mol. The maximum atomic E-state index is 13.3. The molecule has 0 unspecified atom stereocenters. The van der Waals surface area contributed by atoms with Crippen LogP contribution in [-0.2, 0) is 0 Å². The molecule has 1 fully saturated rings. The summed E-state index contributed by atoms with van der Waals surface area (Å²) in [7, 11) is 0. The van der Waals surface area contributed by atoms with Crippen molar-refractivity contribution in [3.63, 3.8) is 0 Å². The van der Waals surface area contributed by atoms with Crippen molar-refractivity contribution in [1.29, 1.82) is 0 Å². The lowest BCUT2D eigenvalue weighted by atomic mass is 9.98. The summed E-state index contributed by atoms with van der Waals surface area (Å²) in [6, 6.07) is 17.4. The van der Waals surface area contributed by atoms with Crippen molar-refractivity contribution in [3.8, 4) is 11.3 Å². The first-order valence-corrected chi connectivity index (χ1v) is 9.44. The van der Waals surface area contributed by atoms with Crippen molar-refractivity contribution >= 4 is 28.4 Å². The van der Waals surface area contributed by atoms with Crippen LogP contribution in [0.15, 0.2) is 54.6 Å². The third-order valence-corrected chi connectivity index (χ3v) is 5.28. The highest BCUT2D eigenvalue weighted by Gasteiger charge is 2.24. The van der Waals surface area contributed by atoms with E-state index in [1.807, 2.05) is 59.5 Å². The number of pyridine rings is 1.